The van der Waals surface area contributed by atoms with Gasteiger partial charge in [-0.1, -0.05) is 0 Å². The van der Waals surface area contributed by atoms with E-state index in [0.29, 0.717) is 6.07 Å². The summed E-state index contributed by atoms with van der Waals surface area (Å²) in [6, 6.07) is 1.87. The maximum atomic E-state index is 12.7. The Morgan fingerprint density at radius 2 is 2.32 bits per heavy atom. The highest BCUT2D eigenvalue weighted by molar-refractivity contribution is 5.88. The molecule has 0 spiro atoms. The highest BCUT2D eigenvalue weighted by Gasteiger charge is 2.30. The maximum Gasteiger partial charge on any atom is 0.356 e. The first kappa shape index (κ1) is 14.4. The lowest BCUT2D eigenvalue weighted by Gasteiger charge is -2.06. The predicted molar refractivity (Wildman–Crippen MR) is 56.5 cm³/mol. The Morgan fingerprint density at radius 1 is 1.68 bits per heavy atom. The van der Waals surface area contributed by atoms with Crippen LogP contribution in [-0.4, -0.2) is 22.5 Å². The monoisotopic (exact) mass is 271 g/mol. The summed E-state index contributed by atoms with van der Waals surface area (Å²) in [5.41, 5.74) is -3.57. The van der Waals surface area contributed by atoms with Crippen LogP contribution in [0.1, 0.15) is 35.1 Å². The van der Waals surface area contributed by atoms with Gasteiger partial charge in [0.1, 0.15) is 11.6 Å². The van der Waals surface area contributed by atoms with Crippen LogP contribution in [-0.2, 0) is 4.74 Å². The molecule has 0 bridgehead atoms. The molecule has 0 amide bonds. The Bertz CT molecular complexity index is 569. The zero-order valence-electron chi connectivity index (χ0n) is 9.59. The lowest BCUT2D eigenvalue weighted by Crippen LogP contribution is -2.11. The zero-order valence-corrected chi connectivity index (χ0v) is 9.59. The van der Waals surface area contributed by atoms with Crippen molar-refractivity contribution in [1.82, 2.24) is 4.98 Å². The van der Waals surface area contributed by atoms with Gasteiger partial charge in [-0.15, -0.1) is 0 Å². The topological polar surface area (TPSA) is 106 Å². The summed E-state index contributed by atoms with van der Waals surface area (Å²) in [5.74, 6) is -1.03. The van der Waals surface area contributed by atoms with Crippen LogP contribution in [0.5, 0.6) is 0 Å². The minimum absolute atomic E-state index is 0.0244. The lowest BCUT2D eigenvalue weighted by molar-refractivity contribution is -0.386. The summed E-state index contributed by atoms with van der Waals surface area (Å²) in [6.07, 6.45) is -3.22. The van der Waals surface area contributed by atoms with Crippen LogP contribution in [0, 0.1) is 21.4 Å². The average molecular weight is 271 g/mol. The van der Waals surface area contributed by atoms with E-state index in [4.69, 9.17) is 5.26 Å². The molecule has 0 saturated heterocycles. The molecule has 0 radical (unpaired) electrons. The summed E-state index contributed by atoms with van der Waals surface area (Å²) < 4.78 is 30.0. The molecule has 0 atom stereocenters. The molecule has 1 heterocycles. The van der Waals surface area contributed by atoms with Gasteiger partial charge in [-0.05, 0) is 13.0 Å². The summed E-state index contributed by atoms with van der Waals surface area (Å²) in [7, 11) is 0. The van der Waals surface area contributed by atoms with Crippen LogP contribution in [0.4, 0.5) is 14.5 Å². The number of alkyl halides is 2. The minimum atomic E-state index is -3.22. The van der Waals surface area contributed by atoms with Crippen LogP contribution in [0.15, 0.2) is 6.07 Å². The minimum Gasteiger partial charge on any atom is -0.461 e. The smallest absolute Gasteiger partial charge is 0.356 e. The predicted octanol–water partition coefficient (Wildman–Crippen LogP) is 1.98. The van der Waals surface area contributed by atoms with Crippen molar-refractivity contribution in [3.8, 4) is 6.07 Å². The van der Waals surface area contributed by atoms with Crippen LogP contribution < -0.4 is 0 Å². The first-order valence-electron chi connectivity index (χ1n) is 4.97. The van der Waals surface area contributed by atoms with Crippen LogP contribution >= 0.6 is 0 Å². The van der Waals surface area contributed by atoms with Gasteiger partial charge in [0, 0.05) is 0 Å². The average Bonchev–Trinajstić information content (AvgIpc) is 2.36. The summed E-state index contributed by atoms with van der Waals surface area (Å²) >= 11 is 0. The second kappa shape index (κ2) is 5.81. The fraction of sp³-hybridized carbons (Fsp3) is 0.300. The number of carbonyl (C=O) groups is 1. The number of pyridine rings is 1. The highest BCUT2D eigenvalue weighted by atomic mass is 19.3. The van der Waals surface area contributed by atoms with E-state index < -0.39 is 40.0 Å². The third kappa shape index (κ3) is 2.98. The number of halogens is 2. The van der Waals surface area contributed by atoms with Crippen molar-refractivity contribution in [2.45, 2.75) is 13.3 Å². The first-order chi connectivity index (χ1) is 8.92. The van der Waals surface area contributed by atoms with Crippen molar-refractivity contribution in [3.63, 3.8) is 0 Å². The van der Waals surface area contributed by atoms with E-state index in [0.717, 1.165) is 0 Å². The Balaban J connectivity index is 3.50. The van der Waals surface area contributed by atoms with Gasteiger partial charge in [-0.25, -0.2) is 18.6 Å². The molecule has 9 heteroatoms. The van der Waals surface area contributed by atoms with E-state index in [-0.39, 0.29) is 6.61 Å². The summed E-state index contributed by atoms with van der Waals surface area (Å²) in [4.78, 5) is 24.3. The van der Waals surface area contributed by atoms with Gasteiger partial charge >= 0.3 is 11.7 Å². The van der Waals surface area contributed by atoms with Crippen molar-refractivity contribution in [2.75, 3.05) is 6.61 Å². The fourth-order valence-corrected chi connectivity index (χ4v) is 1.30. The Hall–Kier alpha value is -2.63. The molecule has 100 valence electrons. The molecule has 0 aliphatic carbocycles. The molecule has 0 fully saturated rings. The Labute approximate surface area is 105 Å². The molecule has 0 aliphatic heterocycles. The molecule has 1 aromatic heterocycles. The molecular weight excluding hydrogens is 264 g/mol. The number of rotatable bonds is 4. The number of esters is 1. The number of nitrogens with zero attached hydrogens (tertiary/aromatic N) is 3. The van der Waals surface area contributed by atoms with E-state index in [1.54, 1.807) is 0 Å². The third-order valence-electron chi connectivity index (χ3n) is 2.03. The molecule has 0 saturated carbocycles. The highest BCUT2D eigenvalue weighted by Crippen LogP contribution is 2.31. The number of aromatic nitrogens is 1. The lowest BCUT2D eigenvalue weighted by atomic mass is 10.1. The maximum absolute atomic E-state index is 12.7. The SMILES string of the molecule is CCOC(=O)c1cc(C(F)F)c([N+](=O)[O-])c(C#N)n1. The molecular formula is C10H7F2N3O4. The number of hydrogen-bond acceptors (Lipinski definition) is 6. The van der Waals surface area contributed by atoms with Crippen molar-refractivity contribution in [3.05, 3.63) is 33.1 Å². The van der Waals surface area contributed by atoms with Crippen molar-refractivity contribution < 1.29 is 23.2 Å². The van der Waals surface area contributed by atoms with Gasteiger partial charge in [0.15, 0.2) is 5.69 Å². The van der Waals surface area contributed by atoms with E-state index in [2.05, 4.69) is 9.72 Å². The first-order valence-corrected chi connectivity index (χ1v) is 4.97. The van der Waals surface area contributed by atoms with E-state index in [1.165, 1.54) is 13.0 Å². The number of hydrogen-bond donors (Lipinski definition) is 0. The van der Waals surface area contributed by atoms with Crippen LogP contribution in [0.25, 0.3) is 0 Å². The molecule has 19 heavy (non-hydrogen) atoms. The molecule has 1 aromatic rings. The zero-order chi connectivity index (χ0) is 14.6. The number of nitro groups is 1. The van der Waals surface area contributed by atoms with Crippen molar-refractivity contribution >= 4 is 11.7 Å². The van der Waals surface area contributed by atoms with Gasteiger partial charge in [-0.3, -0.25) is 10.1 Å². The second-order valence-electron chi connectivity index (χ2n) is 3.18. The standard InChI is InChI=1S/C10H7F2N3O4/c1-2-19-10(16)6-3-5(9(11)12)8(15(17)18)7(4-13)14-6/h3,9H,2H2,1H3. The van der Waals surface area contributed by atoms with E-state index in [9.17, 15) is 23.7 Å². The Kier molecular flexibility index (Phi) is 4.41. The molecule has 1 rings (SSSR count). The van der Waals surface area contributed by atoms with Gasteiger partial charge in [-0.2, -0.15) is 5.26 Å². The van der Waals surface area contributed by atoms with E-state index in [1.807, 2.05) is 0 Å². The largest absolute Gasteiger partial charge is 0.461 e. The third-order valence-corrected chi connectivity index (χ3v) is 2.03. The molecule has 7 nitrogen and oxygen atoms in total. The summed E-state index contributed by atoms with van der Waals surface area (Å²) in [5, 5.41) is 19.4. The van der Waals surface area contributed by atoms with Gasteiger partial charge in [0.2, 0.25) is 5.69 Å². The molecule has 0 aliphatic rings. The number of carbonyl (C=O) groups excluding carboxylic acids is 1. The fourth-order valence-electron chi connectivity index (χ4n) is 1.30. The van der Waals surface area contributed by atoms with Crippen LogP contribution in [0.3, 0.4) is 0 Å². The van der Waals surface area contributed by atoms with Crippen molar-refractivity contribution in [1.29, 1.82) is 5.26 Å². The molecule has 0 N–H and O–H groups in total. The second-order valence-corrected chi connectivity index (χ2v) is 3.18. The molecule has 0 unspecified atom stereocenters. The molecule has 0 aromatic carbocycles. The Morgan fingerprint density at radius 3 is 2.74 bits per heavy atom. The summed E-state index contributed by atoms with van der Waals surface area (Å²) in [6.45, 7) is 1.46. The van der Waals surface area contributed by atoms with Crippen molar-refractivity contribution in [2.24, 2.45) is 0 Å². The van der Waals surface area contributed by atoms with Gasteiger partial charge < -0.3 is 4.74 Å². The quantitative estimate of drug-likeness (QED) is 0.470. The number of ether oxygens (including phenoxy) is 1. The van der Waals surface area contributed by atoms with Gasteiger partial charge in [0.25, 0.3) is 6.43 Å². The normalized spacial score (nSPS) is 10.1. The van der Waals surface area contributed by atoms with E-state index >= 15 is 0 Å². The number of nitriles is 1. The van der Waals surface area contributed by atoms with Gasteiger partial charge in [0.05, 0.1) is 11.5 Å². The van der Waals surface area contributed by atoms with Crippen LogP contribution in [0.2, 0.25) is 0 Å².